The van der Waals surface area contributed by atoms with E-state index < -0.39 is 11.4 Å². The average molecular weight is 328 g/mol. The van der Waals surface area contributed by atoms with Gasteiger partial charge in [0.05, 0.1) is 16.7 Å². The first kappa shape index (κ1) is 16.7. The predicted molar refractivity (Wildman–Crippen MR) is 91.4 cm³/mol. The molecule has 2 unspecified atom stereocenters. The number of oxime groups is 1. The molecule has 1 amide bonds. The smallest absolute Gasteiger partial charge is 0.365 e. The van der Waals surface area contributed by atoms with Gasteiger partial charge in [0.15, 0.2) is 0 Å². The number of amides is 1. The zero-order valence-electron chi connectivity index (χ0n) is 14.7. The van der Waals surface area contributed by atoms with Crippen LogP contribution in [0.2, 0.25) is 0 Å². The normalized spacial score (nSPS) is 32.1. The second-order valence-corrected chi connectivity index (χ2v) is 7.86. The summed E-state index contributed by atoms with van der Waals surface area (Å²) in [6.45, 7) is 8.17. The van der Waals surface area contributed by atoms with Crippen LogP contribution in [0.25, 0.3) is 0 Å². The largest absolute Gasteiger partial charge is 0.369 e. The van der Waals surface area contributed by atoms with Crippen molar-refractivity contribution in [2.75, 3.05) is 0 Å². The van der Waals surface area contributed by atoms with E-state index in [1.54, 1.807) is 12.1 Å². The monoisotopic (exact) mass is 328 g/mol. The fraction of sp³-hybridized carbons (Fsp3) is 0.526. The Morgan fingerprint density at radius 2 is 1.75 bits per heavy atom. The first-order chi connectivity index (χ1) is 11.1. The molecule has 2 saturated carbocycles. The van der Waals surface area contributed by atoms with E-state index in [1.165, 1.54) is 0 Å². The molecular formula is C19H24N2O3. The van der Waals surface area contributed by atoms with Gasteiger partial charge in [0.2, 0.25) is 5.91 Å². The average Bonchev–Trinajstić information content (AvgIpc) is 2.83. The van der Waals surface area contributed by atoms with Gasteiger partial charge in [0, 0.05) is 11.8 Å². The van der Waals surface area contributed by atoms with E-state index in [2.05, 4.69) is 25.9 Å². The third-order valence-corrected chi connectivity index (χ3v) is 6.73. The highest BCUT2D eigenvalue weighted by atomic mass is 16.7. The van der Waals surface area contributed by atoms with Crippen LogP contribution in [0.3, 0.4) is 0 Å². The topological polar surface area (TPSA) is 81.8 Å². The van der Waals surface area contributed by atoms with Crippen molar-refractivity contribution in [1.82, 2.24) is 0 Å². The number of aryl methyl sites for hydroxylation is 1. The molecule has 1 aromatic rings. The number of nitrogens with two attached hydrogens (primary N) is 1. The number of carbonyl (C=O) groups is 2. The lowest BCUT2D eigenvalue weighted by atomic mass is 9.64. The molecule has 0 saturated heterocycles. The van der Waals surface area contributed by atoms with Gasteiger partial charge in [-0.2, -0.15) is 0 Å². The molecule has 2 atom stereocenters. The molecular weight excluding hydrogens is 304 g/mol. The van der Waals surface area contributed by atoms with E-state index in [1.807, 2.05) is 19.1 Å². The number of hydrogen-bond acceptors (Lipinski definition) is 4. The lowest BCUT2D eigenvalue weighted by molar-refractivity contribution is -0.132. The zero-order chi connectivity index (χ0) is 17.8. The van der Waals surface area contributed by atoms with E-state index in [-0.39, 0.29) is 16.7 Å². The summed E-state index contributed by atoms with van der Waals surface area (Å²) in [5.41, 5.74) is 6.83. The Balaban J connectivity index is 1.86. The Kier molecular flexibility index (Phi) is 3.59. The molecule has 0 spiro atoms. The van der Waals surface area contributed by atoms with Crippen LogP contribution in [0, 0.1) is 23.2 Å². The second kappa shape index (κ2) is 5.16. The van der Waals surface area contributed by atoms with Gasteiger partial charge in [-0.05, 0) is 37.3 Å². The van der Waals surface area contributed by atoms with E-state index in [0.717, 1.165) is 24.1 Å². The van der Waals surface area contributed by atoms with Crippen LogP contribution in [0.15, 0.2) is 29.4 Å². The molecule has 0 heterocycles. The number of fused-ring (bicyclic) bond motifs is 2. The molecule has 2 bridgehead atoms. The quantitative estimate of drug-likeness (QED) is 0.683. The standard InChI is InChI=1S/C19H24N2O3/c1-12-5-7-13(8-6-12)15(22)24-21-14-11-19(16(20)23)10-9-18(14,4)17(19,2)3/h5-8H,9-11H2,1-4H3,(H2,20,23)/b21-14-. The molecule has 0 aromatic heterocycles. The number of carbonyl (C=O) groups excluding carboxylic acids is 2. The molecule has 2 aliphatic carbocycles. The van der Waals surface area contributed by atoms with Crippen molar-refractivity contribution in [2.45, 2.75) is 47.0 Å². The molecule has 2 N–H and O–H groups in total. The van der Waals surface area contributed by atoms with Gasteiger partial charge in [-0.1, -0.05) is 43.6 Å². The molecule has 2 aliphatic rings. The zero-order valence-corrected chi connectivity index (χ0v) is 14.7. The fourth-order valence-corrected chi connectivity index (χ4v) is 4.40. The van der Waals surface area contributed by atoms with E-state index in [4.69, 9.17) is 10.6 Å². The molecule has 5 nitrogen and oxygen atoms in total. The summed E-state index contributed by atoms with van der Waals surface area (Å²) >= 11 is 0. The van der Waals surface area contributed by atoms with E-state index >= 15 is 0 Å². The summed E-state index contributed by atoms with van der Waals surface area (Å²) in [5.74, 6) is -0.772. The van der Waals surface area contributed by atoms with Crippen LogP contribution in [-0.4, -0.2) is 17.6 Å². The van der Waals surface area contributed by atoms with Crippen LogP contribution in [0.4, 0.5) is 0 Å². The highest BCUT2D eigenvalue weighted by molar-refractivity contribution is 6.02. The maximum atomic E-state index is 12.2. The van der Waals surface area contributed by atoms with Gasteiger partial charge in [-0.25, -0.2) is 4.79 Å². The summed E-state index contributed by atoms with van der Waals surface area (Å²) in [4.78, 5) is 29.5. The first-order valence-corrected chi connectivity index (χ1v) is 8.29. The highest BCUT2D eigenvalue weighted by Crippen LogP contribution is 2.70. The second-order valence-electron chi connectivity index (χ2n) is 7.86. The molecule has 5 heteroatoms. The van der Waals surface area contributed by atoms with Crippen molar-refractivity contribution < 1.29 is 14.4 Å². The molecule has 1 aromatic carbocycles. The van der Waals surface area contributed by atoms with Gasteiger partial charge < -0.3 is 10.6 Å². The first-order valence-electron chi connectivity index (χ1n) is 8.29. The van der Waals surface area contributed by atoms with Gasteiger partial charge in [-0.15, -0.1) is 0 Å². The molecule has 0 aliphatic heterocycles. The van der Waals surface area contributed by atoms with Crippen LogP contribution in [0.1, 0.15) is 56.0 Å². The molecule has 2 fully saturated rings. The lowest BCUT2D eigenvalue weighted by Gasteiger charge is -2.38. The van der Waals surface area contributed by atoms with Crippen molar-refractivity contribution >= 4 is 17.6 Å². The van der Waals surface area contributed by atoms with E-state index in [0.29, 0.717) is 12.0 Å². The van der Waals surface area contributed by atoms with E-state index in [9.17, 15) is 9.59 Å². The summed E-state index contributed by atoms with van der Waals surface area (Å²) in [5, 5.41) is 4.16. The van der Waals surface area contributed by atoms with Gasteiger partial charge >= 0.3 is 5.97 Å². The number of rotatable bonds is 3. The maximum absolute atomic E-state index is 12.2. The molecule has 128 valence electrons. The van der Waals surface area contributed by atoms with Crippen LogP contribution in [0.5, 0.6) is 0 Å². The third-order valence-electron chi connectivity index (χ3n) is 6.73. The summed E-state index contributed by atoms with van der Waals surface area (Å²) in [6, 6.07) is 7.14. The summed E-state index contributed by atoms with van der Waals surface area (Å²) in [6.07, 6.45) is 2.05. The lowest BCUT2D eigenvalue weighted by Crippen LogP contribution is -2.44. The molecule has 3 rings (SSSR count). The van der Waals surface area contributed by atoms with Crippen LogP contribution >= 0.6 is 0 Å². The minimum atomic E-state index is -0.600. The number of benzene rings is 1. The maximum Gasteiger partial charge on any atom is 0.365 e. The van der Waals surface area contributed by atoms with Crippen molar-refractivity contribution in [2.24, 2.45) is 27.1 Å². The summed E-state index contributed by atoms with van der Waals surface area (Å²) < 4.78 is 0. The molecule has 24 heavy (non-hydrogen) atoms. The minimum absolute atomic E-state index is 0.282. The van der Waals surface area contributed by atoms with Crippen molar-refractivity contribution in [3.8, 4) is 0 Å². The van der Waals surface area contributed by atoms with Crippen molar-refractivity contribution in [1.29, 1.82) is 0 Å². The van der Waals surface area contributed by atoms with Gasteiger partial charge in [-0.3, -0.25) is 4.79 Å². The Hall–Kier alpha value is -2.17. The predicted octanol–water partition coefficient (Wildman–Crippen LogP) is 3.21. The fourth-order valence-electron chi connectivity index (χ4n) is 4.40. The number of primary amides is 1. The van der Waals surface area contributed by atoms with Crippen LogP contribution in [-0.2, 0) is 9.63 Å². The summed E-state index contributed by atoms with van der Waals surface area (Å²) in [7, 11) is 0. The highest BCUT2D eigenvalue weighted by Gasteiger charge is 2.71. The van der Waals surface area contributed by atoms with Crippen molar-refractivity contribution in [3.63, 3.8) is 0 Å². The third kappa shape index (κ3) is 2.03. The molecule has 0 radical (unpaired) electrons. The van der Waals surface area contributed by atoms with Crippen LogP contribution < -0.4 is 5.73 Å². The Morgan fingerprint density at radius 1 is 1.12 bits per heavy atom. The van der Waals surface area contributed by atoms with Gasteiger partial charge in [0.25, 0.3) is 0 Å². The minimum Gasteiger partial charge on any atom is -0.369 e. The number of hydrogen-bond donors (Lipinski definition) is 1. The Labute approximate surface area is 142 Å². The number of nitrogens with zero attached hydrogens (tertiary/aromatic N) is 1. The van der Waals surface area contributed by atoms with Crippen molar-refractivity contribution in [3.05, 3.63) is 35.4 Å². The SMILES string of the molecule is Cc1ccc(C(=O)O/N=C2/CC3(C(N)=O)CCC2(C)C3(C)C)cc1. The Bertz CT molecular complexity index is 735. The van der Waals surface area contributed by atoms with Gasteiger partial charge in [0.1, 0.15) is 0 Å². The Morgan fingerprint density at radius 3 is 2.29 bits per heavy atom.